The summed E-state index contributed by atoms with van der Waals surface area (Å²) in [6.45, 7) is 25.4. The number of ether oxygens (including phenoxy) is 6. The number of esters is 6. The first-order valence-corrected chi connectivity index (χ1v) is 26.5. The van der Waals surface area contributed by atoms with Gasteiger partial charge in [-0.05, 0) is 121 Å². The van der Waals surface area contributed by atoms with Crippen LogP contribution in [0.15, 0.2) is 121 Å². The molecule has 0 radical (unpaired) electrons. The molecular weight excluding hydrogens is 1040 g/mol. The summed E-state index contributed by atoms with van der Waals surface area (Å²) in [6.07, 6.45) is 0.151. The third-order valence-electron chi connectivity index (χ3n) is 13.3. The molecular formula is C62H84Cl2N2O12. The van der Waals surface area contributed by atoms with Crippen molar-refractivity contribution < 1.29 is 92.6 Å². The van der Waals surface area contributed by atoms with E-state index in [2.05, 4.69) is 10.6 Å². The lowest BCUT2D eigenvalue weighted by molar-refractivity contribution is -0.728. The highest BCUT2D eigenvalue weighted by Crippen LogP contribution is 2.47. The molecule has 4 aromatic rings. The minimum atomic E-state index is -1.62. The Bertz CT molecular complexity index is 2340. The van der Waals surface area contributed by atoms with E-state index in [0.29, 0.717) is 0 Å². The molecule has 0 saturated heterocycles. The molecule has 0 aromatic heterocycles. The number of carbonyl (C=O) groups excluding carboxylic acids is 6. The Kier molecular flexibility index (Phi) is 23.8. The normalized spacial score (nSPS) is 19.4. The summed E-state index contributed by atoms with van der Waals surface area (Å²) in [5.41, 5.74) is -2.59. The number of carbonyl (C=O) groups is 6. The highest BCUT2D eigenvalue weighted by atomic mass is 35.5. The largest absolute Gasteiger partial charge is 1.00 e. The molecule has 2 fully saturated rings. The van der Waals surface area contributed by atoms with E-state index in [1.54, 1.807) is 83.1 Å². The molecule has 2 aliphatic rings. The fraction of sp³-hybridized carbons (Fsp3) is 0.516. The first-order valence-electron chi connectivity index (χ1n) is 26.5. The molecule has 0 bridgehead atoms. The van der Waals surface area contributed by atoms with Gasteiger partial charge in [-0.2, -0.15) is 0 Å². The van der Waals surface area contributed by atoms with Gasteiger partial charge < -0.3 is 63.9 Å². The van der Waals surface area contributed by atoms with Crippen molar-refractivity contribution in [2.75, 3.05) is 0 Å². The Labute approximate surface area is 475 Å². The third kappa shape index (κ3) is 19.2. The summed E-state index contributed by atoms with van der Waals surface area (Å²) in [6, 6.07) is 37.9. The van der Waals surface area contributed by atoms with Crippen LogP contribution in [0.4, 0.5) is 0 Å². The summed E-state index contributed by atoms with van der Waals surface area (Å²) >= 11 is 0. The highest BCUT2D eigenvalue weighted by Gasteiger charge is 2.64. The van der Waals surface area contributed by atoms with Crippen LogP contribution in [0.5, 0.6) is 0 Å². The summed E-state index contributed by atoms with van der Waals surface area (Å²) in [5.74, 6) is -4.94. The van der Waals surface area contributed by atoms with E-state index in [9.17, 15) is 28.8 Å². The summed E-state index contributed by atoms with van der Waals surface area (Å²) in [4.78, 5) is 81.7. The molecule has 6 atom stereocenters. The fourth-order valence-corrected chi connectivity index (χ4v) is 9.72. The molecule has 78 heavy (non-hydrogen) atoms. The molecule has 4 N–H and O–H groups in total. The Morgan fingerprint density at radius 3 is 0.910 bits per heavy atom. The van der Waals surface area contributed by atoms with Crippen molar-refractivity contribution in [3.05, 3.63) is 144 Å². The SMILES string of the molecule is C[C@H]([NH2+][C@H]1CC(C(=O)OC(C)(C)C)(C(=O)OC(C)(C)C)C[C@@H]1C(=O)OCc1ccccc1)c1ccccc1.C[C@H]([NH2+][C@H]1CC(C(=O)OC(C)(C)C)(C(=O)OC(C)(C)C)C[C@@H]1C(=O)OCc1ccccc1)c1ccccc1.[Cl-].[Cl-]. The van der Waals surface area contributed by atoms with Crippen molar-refractivity contribution in [2.24, 2.45) is 22.7 Å². The van der Waals surface area contributed by atoms with Crippen LogP contribution >= 0.6 is 0 Å². The monoisotopic (exact) mass is 1120 g/mol. The van der Waals surface area contributed by atoms with Gasteiger partial charge >= 0.3 is 35.8 Å². The van der Waals surface area contributed by atoms with Crippen molar-refractivity contribution in [1.82, 2.24) is 0 Å². The minimum Gasteiger partial charge on any atom is -1.00 e. The first-order chi connectivity index (χ1) is 35.4. The van der Waals surface area contributed by atoms with Gasteiger partial charge in [0.05, 0.1) is 0 Å². The van der Waals surface area contributed by atoms with Gasteiger partial charge in [0, 0.05) is 24.0 Å². The quantitative estimate of drug-likeness (QED) is 0.0950. The predicted molar refractivity (Wildman–Crippen MR) is 287 cm³/mol. The van der Waals surface area contributed by atoms with Crippen LogP contribution in [-0.4, -0.2) is 70.3 Å². The van der Waals surface area contributed by atoms with E-state index in [1.807, 2.05) is 135 Å². The molecule has 2 saturated carbocycles. The van der Waals surface area contributed by atoms with Crippen LogP contribution in [0, 0.1) is 22.7 Å². The molecule has 14 nitrogen and oxygen atoms in total. The number of hydrogen-bond acceptors (Lipinski definition) is 12. The Hall–Kier alpha value is -5.80. The zero-order valence-electron chi connectivity index (χ0n) is 48.1. The lowest BCUT2D eigenvalue weighted by atomic mass is 9.84. The van der Waals surface area contributed by atoms with Crippen LogP contribution in [0.3, 0.4) is 0 Å². The maximum Gasteiger partial charge on any atom is 0.324 e. The molecule has 16 heteroatoms. The summed E-state index contributed by atoms with van der Waals surface area (Å²) in [7, 11) is 0. The first kappa shape index (κ1) is 66.5. The van der Waals surface area contributed by atoms with Gasteiger partial charge in [0.15, 0.2) is 10.8 Å². The number of halogens is 2. The number of nitrogens with two attached hydrogens (primary N) is 2. The zero-order valence-corrected chi connectivity index (χ0v) is 49.6. The van der Waals surface area contributed by atoms with Gasteiger partial charge in [-0.15, -0.1) is 0 Å². The van der Waals surface area contributed by atoms with Gasteiger partial charge in [0.1, 0.15) is 71.6 Å². The van der Waals surface area contributed by atoms with E-state index < -0.39 is 93.0 Å². The van der Waals surface area contributed by atoms with E-state index in [-0.39, 0.29) is 75.8 Å². The molecule has 4 aromatic carbocycles. The van der Waals surface area contributed by atoms with Crippen molar-refractivity contribution in [3.63, 3.8) is 0 Å². The van der Waals surface area contributed by atoms with Gasteiger partial charge in [-0.3, -0.25) is 28.8 Å². The van der Waals surface area contributed by atoms with E-state index >= 15 is 0 Å². The highest BCUT2D eigenvalue weighted by molar-refractivity contribution is 6.02. The van der Waals surface area contributed by atoms with Crippen LogP contribution in [0.25, 0.3) is 0 Å². The predicted octanol–water partition coefficient (Wildman–Crippen LogP) is 3.01. The molecule has 0 unspecified atom stereocenters. The third-order valence-corrected chi connectivity index (χ3v) is 13.3. The fourth-order valence-electron chi connectivity index (χ4n) is 9.72. The topological polar surface area (TPSA) is 191 Å². The lowest BCUT2D eigenvalue weighted by Gasteiger charge is -2.32. The second kappa shape index (κ2) is 27.9. The Morgan fingerprint density at radius 1 is 0.423 bits per heavy atom. The maximum atomic E-state index is 13.7. The van der Waals surface area contributed by atoms with Crippen molar-refractivity contribution in [2.45, 2.75) is 182 Å². The van der Waals surface area contributed by atoms with Crippen LogP contribution in [-0.2, 0) is 70.4 Å². The standard InChI is InChI=1S/2C31H41NO6.2ClH/c2*1-21(23-16-12-9-13-17-23)32-25-19-31(27(34)37-29(2,3)4,28(35)38-30(5,6)7)18-24(25)26(33)36-20-22-14-10-8-11-15-22;;/h2*8-17,21,24-25,32H,18-20H2,1-7H3;2*1H/t2*21-,24-,25-;;/m00../s1. The van der Waals surface area contributed by atoms with Gasteiger partial charge in [-0.1, -0.05) is 121 Å². The van der Waals surface area contributed by atoms with Crippen LogP contribution < -0.4 is 35.4 Å². The molecule has 0 aliphatic heterocycles. The molecule has 6 rings (SSSR count). The van der Waals surface area contributed by atoms with Crippen molar-refractivity contribution in [3.8, 4) is 0 Å². The Balaban J connectivity index is 0.000000400. The second-order valence-corrected chi connectivity index (χ2v) is 24.5. The van der Waals surface area contributed by atoms with E-state index in [4.69, 9.17) is 28.4 Å². The molecule has 428 valence electrons. The van der Waals surface area contributed by atoms with E-state index in [0.717, 1.165) is 22.3 Å². The van der Waals surface area contributed by atoms with Crippen molar-refractivity contribution in [1.29, 1.82) is 0 Å². The van der Waals surface area contributed by atoms with Crippen molar-refractivity contribution >= 4 is 35.8 Å². The summed E-state index contributed by atoms with van der Waals surface area (Å²) < 4.78 is 34.4. The average Bonchev–Trinajstić information content (AvgIpc) is 3.93. The second-order valence-electron chi connectivity index (χ2n) is 24.5. The molecule has 0 spiro atoms. The van der Waals surface area contributed by atoms with Crippen LogP contribution in [0.2, 0.25) is 0 Å². The van der Waals surface area contributed by atoms with Crippen LogP contribution in [0.1, 0.15) is 157 Å². The maximum absolute atomic E-state index is 13.7. The lowest BCUT2D eigenvalue weighted by Crippen LogP contribution is -3.00. The van der Waals surface area contributed by atoms with Gasteiger partial charge in [0.2, 0.25) is 0 Å². The van der Waals surface area contributed by atoms with Gasteiger partial charge in [-0.25, -0.2) is 0 Å². The molecule has 0 heterocycles. The number of benzene rings is 4. The number of quaternary nitrogens is 2. The smallest absolute Gasteiger partial charge is 0.324 e. The summed E-state index contributed by atoms with van der Waals surface area (Å²) in [5, 5.41) is 4.11. The number of hydrogen-bond donors (Lipinski definition) is 2. The van der Waals surface area contributed by atoms with Gasteiger partial charge in [0.25, 0.3) is 0 Å². The average molecular weight is 1120 g/mol. The molecule has 2 aliphatic carbocycles. The zero-order chi connectivity index (χ0) is 56.3. The number of rotatable bonds is 16. The minimum absolute atomic E-state index is 0. The molecule has 0 amide bonds. The van der Waals surface area contributed by atoms with E-state index in [1.165, 1.54) is 0 Å². The Morgan fingerprint density at radius 2 is 0.667 bits per heavy atom.